The van der Waals surface area contributed by atoms with Crippen molar-refractivity contribution in [3.8, 4) is 0 Å². The van der Waals surface area contributed by atoms with Gasteiger partial charge in [0.1, 0.15) is 5.82 Å². The molecule has 1 aliphatic carbocycles. The SMILES string of the molecule is NC(CNC(=O)c1ccccc1C(=O)c1ccc(F)cc1)C1CC1. The predicted molar refractivity (Wildman–Crippen MR) is 89.3 cm³/mol. The lowest BCUT2D eigenvalue weighted by Gasteiger charge is -2.13. The van der Waals surface area contributed by atoms with Crippen molar-refractivity contribution >= 4 is 11.7 Å². The van der Waals surface area contributed by atoms with Gasteiger partial charge in [0.25, 0.3) is 5.91 Å². The quantitative estimate of drug-likeness (QED) is 0.801. The number of carbonyl (C=O) groups is 2. The molecule has 2 aromatic rings. The third kappa shape index (κ3) is 3.68. The highest BCUT2D eigenvalue weighted by Gasteiger charge is 2.28. The van der Waals surface area contributed by atoms with Crippen molar-refractivity contribution in [3.05, 3.63) is 71.0 Å². The number of carbonyl (C=O) groups excluding carboxylic acids is 2. The van der Waals surface area contributed by atoms with E-state index in [0.29, 0.717) is 29.2 Å². The van der Waals surface area contributed by atoms with Gasteiger partial charge in [0.2, 0.25) is 0 Å². The summed E-state index contributed by atoms with van der Waals surface area (Å²) in [5.41, 5.74) is 6.92. The normalized spacial score (nSPS) is 14.9. The van der Waals surface area contributed by atoms with Gasteiger partial charge in [0, 0.05) is 23.7 Å². The van der Waals surface area contributed by atoms with Gasteiger partial charge in [0.15, 0.2) is 5.78 Å². The van der Waals surface area contributed by atoms with Gasteiger partial charge in [-0.3, -0.25) is 9.59 Å². The zero-order valence-corrected chi connectivity index (χ0v) is 13.2. The first-order valence-corrected chi connectivity index (χ1v) is 7.99. The molecule has 5 heteroatoms. The van der Waals surface area contributed by atoms with Gasteiger partial charge in [-0.2, -0.15) is 0 Å². The molecule has 124 valence electrons. The number of nitrogens with two attached hydrogens (primary N) is 1. The largest absolute Gasteiger partial charge is 0.350 e. The molecule has 0 aliphatic heterocycles. The van der Waals surface area contributed by atoms with E-state index in [2.05, 4.69) is 5.32 Å². The second-order valence-electron chi connectivity index (χ2n) is 6.09. The summed E-state index contributed by atoms with van der Waals surface area (Å²) in [6, 6.07) is 11.8. The minimum absolute atomic E-state index is 0.0473. The predicted octanol–water partition coefficient (Wildman–Crippen LogP) is 2.52. The highest BCUT2D eigenvalue weighted by Crippen LogP contribution is 2.31. The van der Waals surface area contributed by atoms with E-state index in [4.69, 9.17) is 5.73 Å². The number of nitrogens with one attached hydrogen (secondary N) is 1. The van der Waals surface area contributed by atoms with Crippen molar-refractivity contribution < 1.29 is 14.0 Å². The molecule has 1 fully saturated rings. The number of amides is 1. The van der Waals surface area contributed by atoms with Crippen LogP contribution >= 0.6 is 0 Å². The maximum absolute atomic E-state index is 13.0. The summed E-state index contributed by atoms with van der Waals surface area (Å²) >= 11 is 0. The molecule has 0 aromatic heterocycles. The Kier molecular flexibility index (Phi) is 4.71. The van der Waals surface area contributed by atoms with Crippen LogP contribution < -0.4 is 11.1 Å². The lowest BCUT2D eigenvalue weighted by Crippen LogP contribution is -2.39. The van der Waals surface area contributed by atoms with Gasteiger partial charge >= 0.3 is 0 Å². The Morgan fingerprint density at radius 2 is 1.71 bits per heavy atom. The summed E-state index contributed by atoms with van der Waals surface area (Å²) in [6.45, 7) is 0.391. The first-order valence-electron chi connectivity index (χ1n) is 7.99. The van der Waals surface area contributed by atoms with Crippen LogP contribution in [-0.2, 0) is 0 Å². The first kappa shape index (κ1) is 16.3. The lowest BCUT2D eigenvalue weighted by molar-refractivity contribution is 0.0939. The summed E-state index contributed by atoms with van der Waals surface area (Å²) in [4.78, 5) is 25.0. The Balaban J connectivity index is 1.77. The molecule has 1 atom stereocenters. The number of hydrogen-bond donors (Lipinski definition) is 2. The van der Waals surface area contributed by atoms with E-state index < -0.39 is 5.82 Å². The monoisotopic (exact) mass is 326 g/mol. The molecule has 3 N–H and O–H groups in total. The average Bonchev–Trinajstić information content (AvgIpc) is 3.44. The second-order valence-corrected chi connectivity index (χ2v) is 6.09. The summed E-state index contributed by atoms with van der Waals surface area (Å²) in [6.07, 6.45) is 2.22. The van der Waals surface area contributed by atoms with E-state index in [1.165, 1.54) is 24.3 Å². The molecular formula is C19H19FN2O2. The second kappa shape index (κ2) is 6.93. The fourth-order valence-electron chi connectivity index (χ4n) is 2.63. The van der Waals surface area contributed by atoms with Gasteiger partial charge in [-0.15, -0.1) is 0 Å². The van der Waals surface area contributed by atoms with Gasteiger partial charge in [-0.1, -0.05) is 18.2 Å². The molecule has 1 unspecified atom stereocenters. The number of rotatable bonds is 6. The third-order valence-corrected chi connectivity index (χ3v) is 4.25. The van der Waals surface area contributed by atoms with Gasteiger partial charge in [0.05, 0.1) is 5.56 Å². The molecule has 0 heterocycles. The van der Waals surface area contributed by atoms with E-state index in [1.54, 1.807) is 24.3 Å². The Morgan fingerprint density at radius 1 is 1.08 bits per heavy atom. The fourth-order valence-corrected chi connectivity index (χ4v) is 2.63. The van der Waals surface area contributed by atoms with E-state index >= 15 is 0 Å². The van der Waals surface area contributed by atoms with Crippen molar-refractivity contribution in [1.29, 1.82) is 0 Å². The Hall–Kier alpha value is -2.53. The topological polar surface area (TPSA) is 72.2 Å². The Labute approximate surface area is 139 Å². The van der Waals surface area contributed by atoms with E-state index in [9.17, 15) is 14.0 Å². The van der Waals surface area contributed by atoms with Crippen LogP contribution in [0.3, 0.4) is 0 Å². The maximum Gasteiger partial charge on any atom is 0.252 e. The van der Waals surface area contributed by atoms with Crippen molar-refractivity contribution in [2.75, 3.05) is 6.54 Å². The van der Waals surface area contributed by atoms with Gasteiger partial charge < -0.3 is 11.1 Å². The molecule has 1 aliphatic rings. The highest BCUT2D eigenvalue weighted by molar-refractivity contribution is 6.15. The zero-order chi connectivity index (χ0) is 17.1. The molecule has 0 spiro atoms. The molecule has 0 radical (unpaired) electrons. The minimum atomic E-state index is -0.411. The van der Waals surface area contributed by atoms with Crippen LogP contribution in [0.1, 0.15) is 39.1 Å². The fraction of sp³-hybridized carbons (Fsp3) is 0.263. The van der Waals surface area contributed by atoms with Crippen LogP contribution in [-0.4, -0.2) is 24.3 Å². The number of hydrogen-bond acceptors (Lipinski definition) is 3. The standard InChI is InChI=1S/C19H19FN2O2/c20-14-9-7-13(8-10-14)18(23)15-3-1-2-4-16(15)19(24)22-11-17(21)12-5-6-12/h1-4,7-10,12,17H,5-6,11,21H2,(H,22,24). The molecule has 0 bridgehead atoms. The van der Waals surface area contributed by atoms with Gasteiger partial charge in [-0.25, -0.2) is 4.39 Å². The molecule has 2 aromatic carbocycles. The van der Waals surface area contributed by atoms with E-state index in [0.717, 1.165) is 12.8 Å². The number of benzene rings is 2. The summed E-state index contributed by atoms with van der Waals surface area (Å²) < 4.78 is 13.0. The molecule has 24 heavy (non-hydrogen) atoms. The average molecular weight is 326 g/mol. The summed E-state index contributed by atoms with van der Waals surface area (Å²) in [7, 11) is 0. The summed E-state index contributed by atoms with van der Waals surface area (Å²) in [5.74, 6) is -0.558. The van der Waals surface area contributed by atoms with Crippen LogP contribution in [0.15, 0.2) is 48.5 Å². The maximum atomic E-state index is 13.0. The summed E-state index contributed by atoms with van der Waals surface area (Å²) in [5, 5.41) is 2.80. The van der Waals surface area contributed by atoms with Crippen molar-refractivity contribution in [2.24, 2.45) is 11.7 Å². The van der Waals surface area contributed by atoms with Crippen LogP contribution in [0.5, 0.6) is 0 Å². The van der Waals surface area contributed by atoms with Crippen LogP contribution in [0.25, 0.3) is 0 Å². The van der Waals surface area contributed by atoms with Crippen molar-refractivity contribution in [3.63, 3.8) is 0 Å². The van der Waals surface area contributed by atoms with Crippen LogP contribution in [0, 0.1) is 11.7 Å². The molecule has 4 nitrogen and oxygen atoms in total. The van der Waals surface area contributed by atoms with E-state index in [1.807, 2.05) is 0 Å². The Bertz CT molecular complexity index is 754. The number of halogens is 1. The van der Waals surface area contributed by atoms with Gasteiger partial charge in [-0.05, 0) is 49.1 Å². The molecule has 1 saturated carbocycles. The highest BCUT2D eigenvalue weighted by atomic mass is 19.1. The molecule has 0 saturated heterocycles. The number of ketones is 1. The molecule has 1 amide bonds. The third-order valence-electron chi connectivity index (χ3n) is 4.25. The smallest absolute Gasteiger partial charge is 0.252 e. The molecule has 3 rings (SSSR count). The van der Waals surface area contributed by atoms with Crippen LogP contribution in [0.2, 0.25) is 0 Å². The molecular weight excluding hydrogens is 307 g/mol. The Morgan fingerprint density at radius 3 is 2.33 bits per heavy atom. The van der Waals surface area contributed by atoms with Crippen molar-refractivity contribution in [2.45, 2.75) is 18.9 Å². The minimum Gasteiger partial charge on any atom is -0.350 e. The zero-order valence-electron chi connectivity index (χ0n) is 13.2. The van der Waals surface area contributed by atoms with Crippen LogP contribution in [0.4, 0.5) is 4.39 Å². The lowest BCUT2D eigenvalue weighted by atomic mass is 9.98. The van der Waals surface area contributed by atoms with Crippen molar-refractivity contribution in [1.82, 2.24) is 5.32 Å². The first-order chi connectivity index (χ1) is 11.6. The van der Waals surface area contributed by atoms with E-state index in [-0.39, 0.29) is 17.7 Å².